The smallest absolute Gasteiger partial charge is 0.276 e. The van der Waals surface area contributed by atoms with Crippen LogP contribution in [-0.2, 0) is 7.05 Å². The Balaban J connectivity index is 1.33. The molecule has 3 aromatic carbocycles. The summed E-state index contributed by atoms with van der Waals surface area (Å²) in [5.74, 6) is -0.606. The molecule has 5 aromatic rings. The second-order valence-corrected chi connectivity index (χ2v) is 8.34. The minimum absolute atomic E-state index is 0.285. The number of amides is 2. The molecule has 2 amide bonds. The van der Waals surface area contributed by atoms with Gasteiger partial charge in [-0.15, -0.1) is 0 Å². The number of anilines is 2. The topological polar surface area (TPSA) is 88.9 Å². The van der Waals surface area contributed by atoms with Gasteiger partial charge in [0.25, 0.3) is 11.8 Å². The molecule has 2 heterocycles. The number of benzene rings is 3. The highest BCUT2D eigenvalue weighted by atomic mass is 35.5. The molecule has 0 unspecified atom stereocenters. The van der Waals surface area contributed by atoms with Crippen molar-refractivity contribution in [3.05, 3.63) is 108 Å². The summed E-state index contributed by atoms with van der Waals surface area (Å²) in [6.07, 6.45) is 3.44. The average Bonchev–Trinajstić information content (AvgIpc) is 3.32. The highest BCUT2D eigenvalue weighted by Gasteiger charge is 2.13. The van der Waals surface area contributed by atoms with E-state index >= 15 is 0 Å². The Kier molecular flexibility index (Phi) is 5.99. The number of carbonyl (C=O) groups is 2. The van der Waals surface area contributed by atoms with Crippen LogP contribution in [0.1, 0.15) is 20.8 Å². The molecule has 0 bridgehead atoms. The van der Waals surface area contributed by atoms with Crippen LogP contribution in [0, 0.1) is 0 Å². The van der Waals surface area contributed by atoms with Crippen molar-refractivity contribution < 1.29 is 9.59 Å². The predicted molar refractivity (Wildman–Crippen MR) is 138 cm³/mol. The summed E-state index contributed by atoms with van der Waals surface area (Å²) in [4.78, 5) is 29.7. The van der Waals surface area contributed by atoms with Crippen molar-refractivity contribution in [1.29, 1.82) is 0 Å². The molecule has 35 heavy (non-hydrogen) atoms. The van der Waals surface area contributed by atoms with Gasteiger partial charge in [0.15, 0.2) is 5.69 Å². The molecule has 0 saturated carbocycles. The Bertz CT molecular complexity index is 1550. The van der Waals surface area contributed by atoms with Gasteiger partial charge in [0, 0.05) is 47.3 Å². The van der Waals surface area contributed by atoms with Gasteiger partial charge in [-0.3, -0.25) is 19.3 Å². The van der Waals surface area contributed by atoms with Gasteiger partial charge in [-0.2, -0.15) is 5.10 Å². The van der Waals surface area contributed by atoms with Crippen LogP contribution in [-0.4, -0.2) is 26.6 Å². The lowest BCUT2D eigenvalue weighted by molar-refractivity contribution is 0.101. The van der Waals surface area contributed by atoms with Crippen LogP contribution in [0.4, 0.5) is 11.4 Å². The zero-order valence-electron chi connectivity index (χ0n) is 18.7. The van der Waals surface area contributed by atoms with E-state index < -0.39 is 0 Å². The van der Waals surface area contributed by atoms with E-state index in [9.17, 15) is 9.59 Å². The molecule has 8 heteroatoms. The van der Waals surface area contributed by atoms with E-state index in [0.717, 1.165) is 22.0 Å². The number of fused-ring (bicyclic) bond motifs is 1. The van der Waals surface area contributed by atoms with E-state index in [-0.39, 0.29) is 11.8 Å². The number of rotatable bonds is 5. The molecule has 0 atom stereocenters. The van der Waals surface area contributed by atoms with Crippen molar-refractivity contribution in [3.8, 4) is 11.3 Å². The highest BCUT2D eigenvalue weighted by Crippen LogP contribution is 2.33. The summed E-state index contributed by atoms with van der Waals surface area (Å²) >= 11 is 6.50. The van der Waals surface area contributed by atoms with Gasteiger partial charge in [0.05, 0.1) is 10.7 Å². The van der Waals surface area contributed by atoms with Gasteiger partial charge in [-0.05, 0) is 60.0 Å². The van der Waals surface area contributed by atoms with E-state index in [4.69, 9.17) is 11.6 Å². The molecule has 0 radical (unpaired) electrons. The highest BCUT2D eigenvalue weighted by molar-refractivity contribution is 6.33. The summed E-state index contributed by atoms with van der Waals surface area (Å²) < 4.78 is 1.56. The predicted octanol–water partition coefficient (Wildman–Crippen LogP) is 5.79. The zero-order chi connectivity index (χ0) is 24.4. The summed E-state index contributed by atoms with van der Waals surface area (Å²) in [6.45, 7) is 0. The first kappa shape index (κ1) is 22.3. The number of halogens is 1. The first-order valence-electron chi connectivity index (χ1n) is 10.8. The van der Waals surface area contributed by atoms with Gasteiger partial charge in [-0.25, -0.2) is 0 Å². The Labute approximate surface area is 206 Å². The molecule has 0 fully saturated rings. The lowest BCUT2D eigenvalue weighted by atomic mass is 10.0. The van der Waals surface area contributed by atoms with E-state index in [2.05, 4.69) is 20.7 Å². The minimum atomic E-state index is -0.321. The summed E-state index contributed by atoms with van der Waals surface area (Å²) in [5, 5.41) is 12.3. The van der Waals surface area contributed by atoms with Gasteiger partial charge in [0.1, 0.15) is 0 Å². The average molecular weight is 482 g/mol. The monoisotopic (exact) mass is 481 g/mol. The molecule has 2 N–H and O–H groups in total. The van der Waals surface area contributed by atoms with E-state index in [0.29, 0.717) is 27.7 Å². The standard InChI is InChI=1S/C27H20ClN5O2/c1-33-15-13-24(32-33)27(35)30-19-8-6-18(7-9-19)26(34)31-20-10-11-23(28)22(16-20)25-21-5-3-2-4-17(21)12-14-29-25/h2-16H,1H3,(H,30,35)(H,31,34). The summed E-state index contributed by atoms with van der Waals surface area (Å²) in [6, 6.07) is 23.4. The number of hydrogen-bond donors (Lipinski definition) is 2. The Morgan fingerprint density at radius 2 is 1.60 bits per heavy atom. The third-order valence-electron chi connectivity index (χ3n) is 5.50. The fourth-order valence-corrected chi connectivity index (χ4v) is 3.97. The fraction of sp³-hybridized carbons (Fsp3) is 0.0370. The van der Waals surface area contributed by atoms with Crippen molar-refractivity contribution in [1.82, 2.24) is 14.8 Å². The van der Waals surface area contributed by atoms with Crippen molar-refractivity contribution in [2.75, 3.05) is 10.6 Å². The third kappa shape index (κ3) is 4.76. The van der Waals surface area contributed by atoms with Crippen molar-refractivity contribution in [3.63, 3.8) is 0 Å². The molecule has 0 aliphatic carbocycles. The fourth-order valence-electron chi connectivity index (χ4n) is 3.76. The van der Waals surface area contributed by atoms with Gasteiger partial charge in [0.2, 0.25) is 0 Å². The van der Waals surface area contributed by atoms with Crippen molar-refractivity contribution in [2.24, 2.45) is 7.05 Å². The molecule has 0 aliphatic rings. The molecular weight excluding hydrogens is 462 g/mol. The number of carbonyl (C=O) groups excluding carboxylic acids is 2. The van der Waals surface area contributed by atoms with Crippen LogP contribution < -0.4 is 10.6 Å². The Morgan fingerprint density at radius 3 is 2.37 bits per heavy atom. The normalized spacial score (nSPS) is 10.8. The van der Waals surface area contributed by atoms with E-state index in [1.807, 2.05) is 36.4 Å². The lowest BCUT2D eigenvalue weighted by Gasteiger charge is -2.11. The SMILES string of the molecule is Cn1ccc(C(=O)Nc2ccc(C(=O)Nc3ccc(Cl)c(-c4nccc5ccccc45)c3)cc2)n1. The van der Waals surface area contributed by atoms with Crippen LogP contribution in [0.5, 0.6) is 0 Å². The van der Waals surface area contributed by atoms with Gasteiger partial charge in [-0.1, -0.05) is 35.9 Å². The van der Waals surface area contributed by atoms with Crippen molar-refractivity contribution >= 4 is 45.6 Å². The largest absolute Gasteiger partial charge is 0.322 e. The zero-order valence-corrected chi connectivity index (χ0v) is 19.5. The first-order valence-corrected chi connectivity index (χ1v) is 11.2. The maximum atomic E-state index is 12.9. The lowest BCUT2D eigenvalue weighted by Crippen LogP contribution is -2.14. The number of nitrogens with one attached hydrogen (secondary N) is 2. The van der Waals surface area contributed by atoms with Crippen molar-refractivity contribution in [2.45, 2.75) is 0 Å². The molecule has 2 aromatic heterocycles. The molecule has 7 nitrogen and oxygen atoms in total. The Morgan fingerprint density at radius 1 is 0.857 bits per heavy atom. The second-order valence-electron chi connectivity index (χ2n) is 7.94. The third-order valence-corrected chi connectivity index (χ3v) is 5.83. The first-order chi connectivity index (χ1) is 17.0. The molecule has 5 rings (SSSR count). The van der Waals surface area contributed by atoms with E-state index in [1.54, 1.807) is 66.6 Å². The summed E-state index contributed by atoms with van der Waals surface area (Å²) in [7, 11) is 1.74. The van der Waals surface area contributed by atoms with Crippen LogP contribution in [0.2, 0.25) is 5.02 Å². The maximum absolute atomic E-state index is 12.9. The number of aromatic nitrogens is 3. The number of hydrogen-bond acceptors (Lipinski definition) is 4. The number of nitrogens with zero attached hydrogens (tertiary/aromatic N) is 3. The molecule has 0 saturated heterocycles. The van der Waals surface area contributed by atoms with Gasteiger partial charge < -0.3 is 10.6 Å². The van der Waals surface area contributed by atoms with Crippen LogP contribution >= 0.6 is 11.6 Å². The van der Waals surface area contributed by atoms with Crippen LogP contribution in [0.15, 0.2) is 91.3 Å². The van der Waals surface area contributed by atoms with Gasteiger partial charge >= 0.3 is 0 Å². The maximum Gasteiger partial charge on any atom is 0.276 e. The molecular formula is C27H20ClN5O2. The number of pyridine rings is 1. The molecule has 0 aliphatic heterocycles. The molecule has 172 valence electrons. The minimum Gasteiger partial charge on any atom is -0.322 e. The number of aryl methyl sites for hydroxylation is 1. The quantitative estimate of drug-likeness (QED) is 0.332. The van der Waals surface area contributed by atoms with Crippen LogP contribution in [0.3, 0.4) is 0 Å². The summed E-state index contributed by atoms with van der Waals surface area (Å²) in [5.41, 5.74) is 3.39. The molecule has 0 spiro atoms. The van der Waals surface area contributed by atoms with Crippen LogP contribution in [0.25, 0.3) is 22.0 Å². The Hall–Kier alpha value is -4.49. The second kappa shape index (κ2) is 9.40. The van der Waals surface area contributed by atoms with E-state index in [1.165, 1.54) is 0 Å².